The van der Waals surface area contributed by atoms with Crippen LogP contribution in [0.25, 0.3) is 0 Å². The van der Waals surface area contributed by atoms with Crippen molar-refractivity contribution in [3.8, 4) is 0 Å². The molecule has 0 amide bonds. The third-order valence-electron chi connectivity index (χ3n) is 2.14. The molecule has 0 aliphatic rings. The lowest BCUT2D eigenvalue weighted by atomic mass is 9.99. The Hall–Kier alpha value is -1.32. The van der Waals surface area contributed by atoms with Gasteiger partial charge in [0.25, 0.3) is 0 Å². The van der Waals surface area contributed by atoms with Gasteiger partial charge in [-0.15, -0.1) is 0 Å². The minimum Gasteiger partial charge on any atom is -0.475 e. The molecule has 1 N–H and O–H groups in total. The maximum absolute atomic E-state index is 10.5. The number of aromatic carboxylic acids is 1. The van der Waals surface area contributed by atoms with Crippen molar-refractivity contribution in [1.29, 1.82) is 0 Å². The van der Waals surface area contributed by atoms with Crippen LogP contribution in [0.2, 0.25) is 0 Å². The lowest BCUT2D eigenvalue weighted by Crippen LogP contribution is -1.95. The molecule has 4 heteroatoms. The van der Waals surface area contributed by atoms with Gasteiger partial charge in [0, 0.05) is 12.0 Å². The van der Waals surface area contributed by atoms with E-state index in [4.69, 9.17) is 5.11 Å². The smallest absolute Gasteiger partial charge is 0.374 e. The zero-order valence-corrected chi connectivity index (χ0v) is 7.78. The predicted octanol–water partition coefficient (Wildman–Crippen LogP) is 2.28. The monoisotopic (exact) mass is 183 g/mol. The summed E-state index contributed by atoms with van der Waals surface area (Å²) in [5.74, 6) is -0.844. The first-order valence-electron chi connectivity index (χ1n) is 4.38. The molecule has 0 radical (unpaired) electrons. The maximum atomic E-state index is 10.5. The summed E-state index contributed by atoms with van der Waals surface area (Å²) >= 11 is 0. The molecule has 13 heavy (non-hydrogen) atoms. The topological polar surface area (TPSA) is 63.3 Å². The molecule has 72 valence electrons. The molecule has 0 aliphatic carbocycles. The number of carboxylic acid groups (broad SMARTS) is 1. The van der Waals surface area contributed by atoms with Crippen molar-refractivity contribution in [2.24, 2.45) is 0 Å². The highest BCUT2D eigenvalue weighted by molar-refractivity contribution is 5.84. The third kappa shape index (κ3) is 2.08. The summed E-state index contributed by atoms with van der Waals surface area (Å²) in [6.07, 6.45) is 1.89. The van der Waals surface area contributed by atoms with Crippen molar-refractivity contribution in [2.45, 2.75) is 32.6 Å². The summed E-state index contributed by atoms with van der Waals surface area (Å²) in [6, 6.07) is 1.50. The molecule has 1 rings (SSSR count). The summed E-state index contributed by atoms with van der Waals surface area (Å²) < 4.78 is 4.66. The standard InChI is InChI=1S/C9H13NO3/c1-3-6(4-2)7-5-8(9(11)12)13-10-7/h5-6H,3-4H2,1-2H3,(H,11,12). The average Bonchev–Trinajstić information content (AvgIpc) is 2.56. The van der Waals surface area contributed by atoms with Gasteiger partial charge in [0.05, 0.1) is 5.69 Å². The second kappa shape index (κ2) is 4.07. The molecule has 0 fully saturated rings. The Bertz CT molecular complexity index is 289. The van der Waals surface area contributed by atoms with Crippen LogP contribution >= 0.6 is 0 Å². The number of rotatable bonds is 4. The van der Waals surface area contributed by atoms with Crippen molar-refractivity contribution in [3.63, 3.8) is 0 Å². The van der Waals surface area contributed by atoms with Crippen LogP contribution in [0.1, 0.15) is 48.9 Å². The molecule has 0 saturated carbocycles. The molecular formula is C9H13NO3. The van der Waals surface area contributed by atoms with Crippen LogP contribution < -0.4 is 0 Å². The largest absolute Gasteiger partial charge is 0.475 e. The Balaban J connectivity index is 2.84. The number of carbonyl (C=O) groups is 1. The highest BCUT2D eigenvalue weighted by Gasteiger charge is 2.16. The van der Waals surface area contributed by atoms with Gasteiger partial charge in [-0.1, -0.05) is 19.0 Å². The molecule has 1 aromatic rings. The first-order valence-corrected chi connectivity index (χ1v) is 4.38. The maximum Gasteiger partial charge on any atom is 0.374 e. The van der Waals surface area contributed by atoms with Crippen molar-refractivity contribution in [3.05, 3.63) is 17.5 Å². The summed E-state index contributed by atoms with van der Waals surface area (Å²) in [5.41, 5.74) is 0.738. The van der Waals surface area contributed by atoms with Gasteiger partial charge in [0.1, 0.15) is 0 Å². The van der Waals surface area contributed by atoms with E-state index in [0.29, 0.717) is 5.92 Å². The predicted molar refractivity (Wildman–Crippen MR) is 46.8 cm³/mol. The van der Waals surface area contributed by atoms with E-state index < -0.39 is 5.97 Å². The highest BCUT2D eigenvalue weighted by Crippen LogP contribution is 2.22. The van der Waals surface area contributed by atoms with Crippen LogP contribution in [0.5, 0.6) is 0 Å². The number of hydrogen-bond donors (Lipinski definition) is 1. The zero-order chi connectivity index (χ0) is 9.84. The van der Waals surface area contributed by atoms with Gasteiger partial charge >= 0.3 is 5.97 Å². The molecule has 0 spiro atoms. The van der Waals surface area contributed by atoms with Crippen molar-refractivity contribution in [1.82, 2.24) is 5.16 Å². The fourth-order valence-electron chi connectivity index (χ4n) is 1.29. The molecule has 0 aliphatic heterocycles. The van der Waals surface area contributed by atoms with Crippen LogP contribution in [0.15, 0.2) is 10.6 Å². The molecular weight excluding hydrogens is 170 g/mol. The van der Waals surface area contributed by atoms with E-state index in [9.17, 15) is 4.79 Å². The molecule has 0 aromatic carbocycles. The second-order valence-corrected chi connectivity index (χ2v) is 2.93. The van der Waals surface area contributed by atoms with E-state index >= 15 is 0 Å². The SMILES string of the molecule is CCC(CC)c1cc(C(=O)O)on1. The van der Waals surface area contributed by atoms with E-state index in [-0.39, 0.29) is 5.76 Å². The van der Waals surface area contributed by atoms with Gasteiger partial charge < -0.3 is 9.63 Å². The summed E-state index contributed by atoms with van der Waals surface area (Å²) in [7, 11) is 0. The molecule has 0 unspecified atom stereocenters. The van der Waals surface area contributed by atoms with Crippen LogP contribution in [0.3, 0.4) is 0 Å². The molecule has 1 heterocycles. The van der Waals surface area contributed by atoms with E-state index in [1.807, 2.05) is 13.8 Å². The third-order valence-corrected chi connectivity index (χ3v) is 2.14. The summed E-state index contributed by atoms with van der Waals surface area (Å²) in [4.78, 5) is 10.5. The van der Waals surface area contributed by atoms with Gasteiger partial charge in [-0.2, -0.15) is 0 Å². The van der Waals surface area contributed by atoms with Crippen molar-refractivity contribution >= 4 is 5.97 Å². The average molecular weight is 183 g/mol. The highest BCUT2D eigenvalue weighted by atomic mass is 16.5. The number of nitrogens with zero attached hydrogens (tertiary/aromatic N) is 1. The zero-order valence-electron chi connectivity index (χ0n) is 7.78. The van der Waals surface area contributed by atoms with Gasteiger partial charge in [-0.05, 0) is 12.8 Å². The number of hydrogen-bond acceptors (Lipinski definition) is 3. The summed E-state index contributed by atoms with van der Waals surface area (Å²) in [5, 5.41) is 12.3. The molecule has 0 atom stereocenters. The van der Waals surface area contributed by atoms with E-state index in [2.05, 4.69) is 9.68 Å². The quantitative estimate of drug-likeness (QED) is 0.777. The minimum absolute atomic E-state index is 0.0816. The Morgan fingerprint density at radius 1 is 1.62 bits per heavy atom. The Kier molecular flexibility index (Phi) is 3.06. The van der Waals surface area contributed by atoms with Gasteiger partial charge in [0.15, 0.2) is 0 Å². The Morgan fingerprint density at radius 3 is 2.62 bits per heavy atom. The lowest BCUT2D eigenvalue weighted by molar-refractivity contribution is 0.0652. The Labute approximate surface area is 76.5 Å². The second-order valence-electron chi connectivity index (χ2n) is 2.93. The van der Waals surface area contributed by atoms with Gasteiger partial charge in [-0.25, -0.2) is 4.79 Å². The van der Waals surface area contributed by atoms with Gasteiger partial charge in [-0.3, -0.25) is 0 Å². The van der Waals surface area contributed by atoms with Crippen molar-refractivity contribution < 1.29 is 14.4 Å². The molecule has 0 bridgehead atoms. The lowest BCUT2D eigenvalue weighted by Gasteiger charge is -2.05. The fourth-order valence-corrected chi connectivity index (χ4v) is 1.29. The number of aromatic nitrogens is 1. The molecule has 0 saturated heterocycles. The molecule has 4 nitrogen and oxygen atoms in total. The normalized spacial score (nSPS) is 10.7. The minimum atomic E-state index is -1.07. The van der Waals surface area contributed by atoms with Crippen LogP contribution in [-0.2, 0) is 0 Å². The van der Waals surface area contributed by atoms with Crippen LogP contribution in [0.4, 0.5) is 0 Å². The van der Waals surface area contributed by atoms with Crippen molar-refractivity contribution in [2.75, 3.05) is 0 Å². The van der Waals surface area contributed by atoms with E-state index in [0.717, 1.165) is 18.5 Å². The first kappa shape index (κ1) is 9.77. The van der Waals surface area contributed by atoms with E-state index in [1.54, 1.807) is 0 Å². The van der Waals surface area contributed by atoms with Crippen LogP contribution in [-0.4, -0.2) is 16.2 Å². The van der Waals surface area contributed by atoms with E-state index in [1.165, 1.54) is 6.07 Å². The fraction of sp³-hybridized carbons (Fsp3) is 0.556. The van der Waals surface area contributed by atoms with Gasteiger partial charge in [0.2, 0.25) is 5.76 Å². The molecule has 1 aromatic heterocycles. The number of carboxylic acids is 1. The first-order chi connectivity index (χ1) is 6.19. The van der Waals surface area contributed by atoms with Crippen LogP contribution in [0, 0.1) is 0 Å². The summed E-state index contributed by atoms with van der Waals surface area (Å²) in [6.45, 7) is 4.09. The Morgan fingerprint density at radius 2 is 2.23 bits per heavy atom.